The lowest BCUT2D eigenvalue weighted by molar-refractivity contribution is -0.119. The fourth-order valence-electron chi connectivity index (χ4n) is 4.32. The van der Waals surface area contributed by atoms with Gasteiger partial charge in [0.15, 0.2) is 6.54 Å². The van der Waals surface area contributed by atoms with E-state index in [1.54, 1.807) is 0 Å². The lowest BCUT2D eigenvalue weighted by atomic mass is 9.93. The van der Waals surface area contributed by atoms with E-state index in [1.807, 2.05) is 32.3 Å². The predicted octanol–water partition coefficient (Wildman–Crippen LogP) is 3.32. The normalized spacial score (nSPS) is 11.9. The van der Waals surface area contributed by atoms with E-state index in [2.05, 4.69) is 68.6 Å². The van der Waals surface area contributed by atoms with Gasteiger partial charge >= 0.3 is 0 Å². The Hall–Kier alpha value is -4.13. The van der Waals surface area contributed by atoms with Crippen LogP contribution in [-0.4, -0.2) is 52.1 Å². The Morgan fingerprint density at radius 3 is 2.36 bits per heavy atom. The van der Waals surface area contributed by atoms with E-state index < -0.39 is 0 Å². The topological polar surface area (TPSA) is 77.6 Å². The number of carbonyl (C=O) groups excluding carboxylic acids is 2. The molecule has 1 aliphatic carbocycles. The molecule has 2 aromatic carbocycles. The van der Waals surface area contributed by atoms with Gasteiger partial charge in [0.25, 0.3) is 0 Å². The van der Waals surface area contributed by atoms with E-state index >= 15 is 0 Å². The molecule has 0 spiro atoms. The summed E-state index contributed by atoms with van der Waals surface area (Å²) in [6.07, 6.45) is 0. The number of anilines is 1. The Morgan fingerprint density at radius 1 is 0.917 bits per heavy atom. The number of hydrogen-bond donors (Lipinski definition) is 2. The van der Waals surface area contributed by atoms with Crippen LogP contribution >= 0.6 is 0 Å². The average Bonchev–Trinajstić information content (AvgIpc) is 2.86. The summed E-state index contributed by atoms with van der Waals surface area (Å²) < 4.78 is 8.58. The molecule has 0 saturated heterocycles. The molecule has 36 heavy (non-hydrogen) atoms. The van der Waals surface area contributed by atoms with Crippen LogP contribution in [0.3, 0.4) is 0 Å². The van der Waals surface area contributed by atoms with Gasteiger partial charge in [-0.25, -0.2) is 4.58 Å². The van der Waals surface area contributed by atoms with Crippen molar-refractivity contribution in [2.75, 3.05) is 45.2 Å². The molecule has 2 N–H and O–H groups in total. The molecule has 7 nitrogen and oxygen atoms in total. The maximum absolute atomic E-state index is 11.2. The zero-order chi connectivity index (χ0) is 25.7. The molecule has 7 heteroatoms. The number of amides is 2. The highest BCUT2D eigenvalue weighted by atomic mass is 16.3. The van der Waals surface area contributed by atoms with Gasteiger partial charge in [0.2, 0.25) is 17.2 Å². The lowest BCUT2D eigenvalue weighted by Gasteiger charge is -2.21. The molecule has 2 amide bonds. The minimum absolute atomic E-state index is 0.0336. The number of rotatable bonds is 8. The third-order valence-corrected chi connectivity index (χ3v) is 6.28. The van der Waals surface area contributed by atoms with Gasteiger partial charge < -0.3 is 20.0 Å². The van der Waals surface area contributed by atoms with Crippen LogP contribution in [0.5, 0.6) is 0 Å². The third kappa shape index (κ3) is 5.74. The molecule has 1 aliphatic heterocycles. The van der Waals surface area contributed by atoms with Crippen molar-refractivity contribution in [1.29, 1.82) is 0 Å². The smallest absolute Gasteiger partial charge is 0.217 e. The molecular weight excluding hydrogens is 452 g/mol. The second-order valence-electron chi connectivity index (χ2n) is 9.01. The van der Waals surface area contributed by atoms with E-state index in [9.17, 15) is 9.59 Å². The van der Waals surface area contributed by atoms with Crippen molar-refractivity contribution < 1.29 is 14.0 Å². The maximum atomic E-state index is 11.2. The van der Waals surface area contributed by atoms with Crippen molar-refractivity contribution in [3.63, 3.8) is 0 Å². The number of hydrogen-bond acceptors (Lipinski definition) is 4. The highest BCUT2D eigenvalue weighted by Crippen LogP contribution is 2.40. The lowest BCUT2D eigenvalue weighted by Crippen LogP contribution is -2.34. The summed E-state index contributed by atoms with van der Waals surface area (Å²) in [6.45, 7) is 5.57. The molecule has 0 unspecified atom stereocenters. The van der Waals surface area contributed by atoms with Crippen LogP contribution in [0.25, 0.3) is 33.4 Å². The summed E-state index contributed by atoms with van der Waals surface area (Å²) in [4.78, 5) is 24.6. The summed E-state index contributed by atoms with van der Waals surface area (Å²) in [6, 6.07) is 22.9. The quantitative estimate of drug-likeness (QED) is 0.297. The van der Waals surface area contributed by atoms with E-state index in [-0.39, 0.29) is 11.8 Å². The second-order valence-corrected chi connectivity index (χ2v) is 9.01. The number of benzene rings is 3. The highest BCUT2D eigenvalue weighted by molar-refractivity contribution is 6.02. The van der Waals surface area contributed by atoms with Crippen LogP contribution in [-0.2, 0) is 9.59 Å². The van der Waals surface area contributed by atoms with Crippen LogP contribution in [0.2, 0.25) is 0 Å². The number of likely N-dealkylation sites (N-methyl/N-ethyl adjacent to an activating group) is 2. The van der Waals surface area contributed by atoms with Crippen LogP contribution in [0.15, 0.2) is 71.1 Å². The number of carbonyl (C=O) groups is 2. The molecule has 186 valence electrons. The molecule has 0 bridgehead atoms. The molecule has 0 fully saturated rings. The van der Waals surface area contributed by atoms with Crippen LogP contribution < -0.4 is 25.5 Å². The van der Waals surface area contributed by atoms with Gasteiger partial charge in [0.1, 0.15) is 18.4 Å². The van der Waals surface area contributed by atoms with Gasteiger partial charge in [-0.3, -0.25) is 9.59 Å². The van der Waals surface area contributed by atoms with E-state index in [0.29, 0.717) is 26.2 Å². The fourth-order valence-corrected chi connectivity index (χ4v) is 4.32. The molecule has 4 rings (SSSR count). The number of fused-ring (bicyclic) bond motifs is 2. The minimum atomic E-state index is -0.0336. The van der Waals surface area contributed by atoms with Gasteiger partial charge in [-0.05, 0) is 23.8 Å². The predicted molar refractivity (Wildman–Crippen MR) is 145 cm³/mol. The van der Waals surface area contributed by atoms with Crippen molar-refractivity contribution in [3.8, 4) is 22.5 Å². The van der Waals surface area contributed by atoms with Crippen LogP contribution in [0.1, 0.15) is 13.8 Å². The first-order valence-electron chi connectivity index (χ1n) is 12.1. The SMILES string of the molecule is CC(=O)NCCN(C)c1ccc2c(-c3ccccc3)c3ccc(=[N+](C)CCNC(C)=O)cc-3oc2c1. The van der Waals surface area contributed by atoms with Gasteiger partial charge in [-0.15, -0.1) is 0 Å². The van der Waals surface area contributed by atoms with Gasteiger partial charge in [0.05, 0.1) is 12.6 Å². The molecule has 0 radical (unpaired) electrons. The summed E-state index contributed by atoms with van der Waals surface area (Å²) in [5.41, 5.74) is 5.11. The molecular formula is C29H33N4O3+. The van der Waals surface area contributed by atoms with Crippen LogP contribution in [0, 0.1) is 0 Å². The Labute approximate surface area is 211 Å². The van der Waals surface area contributed by atoms with Crippen molar-refractivity contribution >= 4 is 28.5 Å². The summed E-state index contributed by atoms with van der Waals surface area (Å²) in [5, 5.41) is 7.74. The first-order valence-corrected chi connectivity index (χ1v) is 12.1. The Kier molecular flexibility index (Phi) is 7.68. The molecule has 0 atom stereocenters. The summed E-state index contributed by atoms with van der Waals surface area (Å²) in [5.74, 6) is 0.728. The molecule has 2 aromatic rings. The zero-order valence-electron chi connectivity index (χ0n) is 21.3. The van der Waals surface area contributed by atoms with E-state index in [0.717, 1.165) is 44.5 Å². The summed E-state index contributed by atoms with van der Waals surface area (Å²) >= 11 is 0. The minimum Gasteiger partial charge on any atom is -0.456 e. The van der Waals surface area contributed by atoms with E-state index in [1.165, 1.54) is 13.8 Å². The zero-order valence-corrected chi connectivity index (χ0v) is 21.3. The molecule has 0 aromatic heterocycles. The van der Waals surface area contributed by atoms with Crippen molar-refractivity contribution in [2.45, 2.75) is 13.8 Å². The fraction of sp³-hybridized carbons (Fsp3) is 0.276. The molecule has 2 aliphatic rings. The monoisotopic (exact) mass is 485 g/mol. The highest BCUT2D eigenvalue weighted by Gasteiger charge is 2.19. The van der Waals surface area contributed by atoms with Crippen molar-refractivity contribution in [2.24, 2.45) is 0 Å². The Bertz CT molecular complexity index is 1430. The molecule has 0 saturated carbocycles. The third-order valence-electron chi connectivity index (χ3n) is 6.28. The van der Waals surface area contributed by atoms with Crippen molar-refractivity contribution in [3.05, 3.63) is 72.1 Å². The standard InChI is InChI=1S/C29H32N4O3/c1-20(34)30-14-16-32(3)23-10-12-25-27(18-23)36-28-19-24(33(4)17-15-31-21(2)35)11-13-26(28)29(25)22-8-6-5-7-9-22/h5-13,18-19H,14-17H2,1-4H3,(H-,30,31,34,35)/p+1. The number of nitrogens with zero attached hydrogens (tertiary/aromatic N) is 2. The van der Waals surface area contributed by atoms with Gasteiger partial charge in [-0.2, -0.15) is 0 Å². The second kappa shape index (κ2) is 11.1. The average molecular weight is 486 g/mol. The maximum Gasteiger partial charge on any atom is 0.217 e. The Balaban J connectivity index is 1.82. The Morgan fingerprint density at radius 2 is 1.64 bits per heavy atom. The van der Waals surface area contributed by atoms with Crippen LogP contribution in [0.4, 0.5) is 5.69 Å². The molecule has 1 heterocycles. The summed E-state index contributed by atoms with van der Waals surface area (Å²) in [7, 11) is 4.01. The largest absolute Gasteiger partial charge is 0.456 e. The first-order chi connectivity index (χ1) is 17.3. The van der Waals surface area contributed by atoms with Gasteiger partial charge in [-0.1, -0.05) is 30.3 Å². The first kappa shape index (κ1) is 25.0. The number of nitrogens with one attached hydrogen (secondary N) is 2. The van der Waals surface area contributed by atoms with E-state index in [4.69, 9.17) is 4.42 Å². The van der Waals surface area contributed by atoms with Gasteiger partial charge in [0, 0.05) is 68.3 Å². The van der Waals surface area contributed by atoms with Crippen molar-refractivity contribution in [1.82, 2.24) is 15.2 Å².